The zero-order valence-corrected chi connectivity index (χ0v) is 12.5. The molecule has 1 heterocycles. The lowest BCUT2D eigenvalue weighted by molar-refractivity contribution is 0.321. The number of oxime groups is 1. The molecule has 0 saturated heterocycles. The maximum atomic E-state index is 8.62. The average molecular weight is 294 g/mol. The van der Waals surface area contributed by atoms with Crippen molar-refractivity contribution in [2.24, 2.45) is 5.16 Å². The number of aryl methyl sites for hydroxylation is 1. The molecule has 4 nitrogen and oxygen atoms in total. The smallest absolute Gasteiger partial charge is 0.146 e. The van der Waals surface area contributed by atoms with Crippen LogP contribution in [0, 0.1) is 11.8 Å². The van der Waals surface area contributed by atoms with E-state index in [1.54, 1.807) is 19.2 Å². The molecule has 0 saturated carbocycles. The van der Waals surface area contributed by atoms with Gasteiger partial charge in [-0.25, -0.2) is 4.98 Å². The van der Waals surface area contributed by atoms with Crippen LogP contribution in [0.5, 0.6) is 5.75 Å². The van der Waals surface area contributed by atoms with Crippen molar-refractivity contribution in [3.63, 3.8) is 0 Å². The van der Waals surface area contributed by atoms with Crippen LogP contribution in [0.1, 0.15) is 29.8 Å². The summed E-state index contributed by atoms with van der Waals surface area (Å²) in [5.41, 5.74) is 2.42. The molecule has 2 aromatic rings. The summed E-state index contributed by atoms with van der Waals surface area (Å²) in [6.07, 6.45) is 4.08. The van der Waals surface area contributed by atoms with E-state index in [1.807, 2.05) is 18.2 Å². The number of unbranched alkanes of at least 4 members (excludes halogenated alkanes) is 1. The Morgan fingerprint density at radius 3 is 2.77 bits per heavy atom. The molecule has 0 fully saturated rings. The van der Waals surface area contributed by atoms with E-state index in [1.165, 1.54) is 11.8 Å². The first-order chi connectivity index (χ1) is 10.8. The molecule has 1 aromatic heterocycles. The fourth-order valence-electron chi connectivity index (χ4n) is 2.03. The normalized spacial score (nSPS) is 10.2. The van der Waals surface area contributed by atoms with Gasteiger partial charge in [-0.2, -0.15) is 0 Å². The molecule has 0 unspecified atom stereocenters. The van der Waals surface area contributed by atoms with E-state index >= 15 is 0 Å². The highest BCUT2D eigenvalue weighted by molar-refractivity contribution is 5.80. The summed E-state index contributed by atoms with van der Waals surface area (Å²) in [4.78, 5) is 4.28. The van der Waals surface area contributed by atoms with Gasteiger partial charge in [-0.3, -0.25) is 0 Å². The van der Waals surface area contributed by atoms with Crippen LogP contribution >= 0.6 is 0 Å². The first-order valence-electron chi connectivity index (χ1n) is 7.08. The van der Waals surface area contributed by atoms with Crippen molar-refractivity contribution in [1.82, 2.24) is 4.98 Å². The number of hydrogen-bond donors (Lipinski definition) is 1. The fraction of sp³-hybridized carbons (Fsp3) is 0.222. The molecular weight excluding hydrogens is 276 g/mol. The molecule has 1 aromatic carbocycles. The minimum Gasteiger partial charge on any atom is -0.494 e. The molecular formula is C18H18N2O2. The summed E-state index contributed by atoms with van der Waals surface area (Å²) >= 11 is 0. The van der Waals surface area contributed by atoms with Crippen molar-refractivity contribution in [2.75, 3.05) is 7.11 Å². The number of methoxy groups -OCH3 is 1. The summed E-state index contributed by atoms with van der Waals surface area (Å²) in [6.45, 7) is 0. The molecule has 2 rings (SSSR count). The molecule has 0 aliphatic rings. The second-order valence-electron chi connectivity index (χ2n) is 4.67. The number of pyridine rings is 1. The minimum absolute atomic E-state index is 0.459. The predicted octanol–water partition coefficient (Wildman–Crippen LogP) is 3.27. The molecule has 4 heteroatoms. The van der Waals surface area contributed by atoms with Crippen LogP contribution in [-0.4, -0.2) is 23.5 Å². The van der Waals surface area contributed by atoms with Gasteiger partial charge in [-0.1, -0.05) is 41.4 Å². The SMILES string of the molecule is COc1ccc(C#CCCCc2ccccc2)nc1C=NO. The molecule has 0 amide bonds. The Kier molecular flexibility index (Phi) is 6.01. The largest absolute Gasteiger partial charge is 0.494 e. The summed E-state index contributed by atoms with van der Waals surface area (Å²) in [7, 11) is 1.54. The van der Waals surface area contributed by atoms with Crippen LogP contribution in [-0.2, 0) is 6.42 Å². The maximum Gasteiger partial charge on any atom is 0.146 e. The second-order valence-corrected chi connectivity index (χ2v) is 4.67. The monoisotopic (exact) mass is 294 g/mol. The zero-order chi connectivity index (χ0) is 15.6. The molecule has 22 heavy (non-hydrogen) atoms. The maximum absolute atomic E-state index is 8.62. The number of nitrogens with zero attached hydrogens (tertiary/aromatic N) is 2. The molecule has 112 valence electrons. The number of aromatic nitrogens is 1. The fourth-order valence-corrected chi connectivity index (χ4v) is 2.03. The summed E-state index contributed by atoms with van der Waals surface area (Å²) in [6, 6.07) is 13.9. The molecule has 1 N–H and O–H groups in total. The summed E-state index contributed by atoms with van der Waals surface area (Å²) in [5, 5.41) is 11.6. The van der Waals surface area contributed by atoms with Gasteiger partial charge in [-0.15, -0.1) is 0 Å². The van der Waals surface area contributed by atoms with E-state index in [2.05, 4.69) is 34.1 Å². The lowest BCUT2D eigenvalue weighted by Gasteiger charge is -2.02. The predicted molar refractivity (Wildman–Crippen MR) is 86.4 cm³/mol. The van der Waals surface area contributed by atoms with E-state index in [0.717, 1.165) is 19.3 Å². The van der Waals surface area contributed by atoms with E-state index in [9.17, 15) is 0 Å². The van der Waals surface area contributed by atoms with Crippen molar-refractivity contribution in [3.05, 3.63) is 59.4 Å². The van der Waals surface area contributed by atoms with Gasteiger partial charge in [-0.05, 0) is 36.5 Å². The van der Waals surface area contributed by atoms with Gasteiger partial charge in [0, 0.05) is 6.42 Å². The van der Waals surface area contributed by atoms with E-state index in [0.29, 0.717) is 17.1 Å². The van der Waals surface area contributed by atoms with Crippen LogP contribution in [0.25, 0.3) is 0 Å². The topological polar surface area (TPSA) is 54.7 Å². The van der Waals surface area contributed by atoms with Gasteiger partial charge in [0.15, 0.2) is 0 Å². The van der Waals surface area contributed by atoms with Gasteiger partial charge in [0.2, 0.25) is 0 Å². The van der Waals surface area contributed by atoms with Crippen molar-refractivity contribution in [2.45, 2.75) is 19.3 Å². The van der Waals surface area contributed by atoms with Crippen LogP contribution < -0.4 is 4.74 Å². The van der Waals surface area contributed by atoms with Gasteiger partial charge in [0.05, 0.1) is 13.3 Å². The highest BCUT2D eigenvalue weighted by Crippen LogP contribution is 2.14. The first-order valence-corrected chi connectivity index (χ1v) is 7.08. The Bertz CT molecular complexity index is 685. The minimum atomic E-state index is 0.459. The number of benzene rings is 1. The number of hydrogen-bond acceptors (Lipinski definition) is 4. The quantitative estimate of drug-likeness (QED) is 0.303. The van der Waals surface area contributed by atoms with E-state index in [-0.39, 0.29) is 0 Å². The standard InChI is InChI=1S/C18H18N2O2/c1-22-18-13-12-16(20-17(18)14-19-21)11-7-3-6-10-15-8-4-2-5-9-15/h2,4-5,8-9,12-14,21H,3,6,10H2,1H3. The molecule has 0 aliphatic heterocycles. The Morgan fingerprint density at radius 1 is 1.23 bits per heavy atom. The molecule has 0 bridgehead atoms. The third kappa shape index (κ3) is 4.64. The van der Waals surface area contributed by atoms with E-state index in [4.69, 9.17) is 9.94 Å². The Morgan fingerprint density at radius 2 is 2.05 bits per heavy atom. The van der Waals surface area contributed by atoms with Crippen LogP contribution in [0.4, 0.5) is 0 Å². The summed E-state index contributed by atoms with van der Waals surface area (Å²) < 4.78 is 5.13. The highest BCUT2D eigenvalue weighted by atomic mass is 16.5. The Balaban J connectivity index is 1.92. The lowest BCUT2D eigenvalue weighted by atomic mass is 10.1. The molecule has 0 atom stereocenters. The molecule has 0 radical (unpaired) electrons. The van der Waals surface area contributed by atoms with Gasteiger partial charge < -0.3 is 9.94 Å². The van der Waals surface area contributed by atoms with Crippen molar-refractivity contribution < 1.29 is 9.94 Å². The Hall–Kier alpha value is -2.80. The van der Waals surface area contributed by atoms with Crippen molar-refractivity contribution in [3.8, 4) is 17.6 Å². The Labute approximate surface area is 130 Å². The first kappa shape index (κ1) is 15.6. The lowest BCUT2D eigenvalue weighted by Crippen LogP contribution is -1.96. The number of rotatable bonds is 5. The van der Waals surface area contributed by atoms with Crippen LogP contribution in [0.2, 0.25) is 0 Å². The zero-order valence-electron chi connectivity index (χ0n) is 12.5. The average Bonchev–Trinajstić information content (AvgIpc) is 2.56. The van der Waals surface area contributed by atoms with Crippen molar-refractivity contribution in [1.29, 1.82) is 0 Å². The van der Waals surface area contributed by atoms with Crippen molar-refractivity contribution >= 4 is 6.21 Å². The number of ether oxygens (including phenoxy) is 1. The van der Waals surface area contributed by atoms with Gasteiger partial charge in [0.25, 0.3) is 0 Å². The van der Waals surface area contributed by atoms with E-state index < -0.39 is 0 Å². The third-order valence-electron chi connectivity index (χ3n) is 3.11. The third-order valence-corrected chi connectivity index (χ3v) is 3.11. The highest BCUT2D eigenvalue weighted by Gasteiger charge is 2.02. The second kappa shape index (κ2) is 8.48. The van der Waals surface area contributed by atoms with Gasteiger partial charge >= 0.3 is 0 Å². The molecule has 0 aliphatic carbocycles. The van der Waals surface area contributed by atoms with Crippen LogP contribution in [0.3, 0.4) is 0 Å². The summed E-state index contributed by atoms with van der Waals surface area (Å²) in [5.74, 6) is 6.69. The van der Waals surface area contributed by atoms with Crippen LogP contribution in [0.15, 0.2) is 47.6 Å². The van der Waals surface area contributed by atoms with Gasteiger partial charge in [0.1, 0.15) is 17.1 Å². The molecule has 0 spiro atoms.